The molecule has 1 saturated carbocycles. The molecule has 1 aliphatic rings. The number of hydrogen-bond acceptors (Lipinski definition) is 2. The van der Waals surface area contributed by atoms with E-state index in [1.54, 1.807) is 0 Å². The largest absolute Gasteiger partial charge is 0.399 e. The number of rotatable bonds is 4. The van der Waals surface area contributed by atoms with Gasteiger partial charge in [-0.15, -0.1) is 0 Å². The summed E-state index contributed by atoms with van der Waals surface area (Å²) in [5.41, 5.74) is 7.94. The van der Waals surface area contributed by atoms with Gasteiger partial charge in [0.2, 0.25) is 0 Å². The van der Waals surface area contributed by atoms with E-state index in [1.165, 1.54) is 37.8 Å². The lowest BCUT2D eigenvalue weighted by Crippen LogP contribution is -2.38. The van der Waals surface area contributed by atoms with Crippen LogP contribution in [0.3, 0.4) is 0 Å². The van der Waals surface area contributed by atoms with Gasteiger partial charge in [0.05, 0.1) is 0 Å². The predicted octanol–water partition coefficient (Wildman–Crippen LogP) is 4.06. The van der Waals surface area contributed by atoms with Crippen LogP contribution < -0.4 is 10.6 Å². The lowest BCUT2D eigenvalue weighted by molar-refractivity contribution is 0.309. The monoisotopic (exact) mass is 246 g/mol. The molecule has 1 aromatic rings. The van der Waals surface area contributed by atoms with Crippen molar-refractivity contribution in [3.8, 4) is 0 Å². The Morgan fingerprint density at radius 3 is 2.17 bits per heavy atom. The molecule has 2 rings (SSSR count). The Hall–Kier alpha value is -1.18. The highest BCUT2D eigenvalue weighted by Crippen LogP contribution is 2.32. The van der Waals surface area contributed by atoms with Crippen LogP contribution in [0.1, 0.15) is 46.0 Å². The molecule has 0 atom stereocenters. The second-order valence-electron chi connectivity index (χ2n) is 5.46. The van der Waals surface area contributed by atoms with Gasteiger partial charge in [-0.25, -0.2) is 0 Å². The quantitative estimate of drug-likeness (QED) is 0.812. The first kappa shape index (κ1) is 13.3. The lowest BCUT2D eigenvalue weighted by Gasteiger charge is -2.37. The van der Waals surface area contributed by atoms with Crippen molar-refractivity contribution in [3.63, 3.8) is 0 Å². The van der Waals surface area contributed by atoms with Crippen LogP contribution in [0.4, 0.5) is 11.4 Å². The van der Waals surface area contributed by atoms with E-state index in [1.807, 2.05) is 12.1 Å². The summed E-state index contributed by atoms with van der Waals surface area (Å²) >= 11 is 0. The number of hydrogen-bond donors (Lipinski definition) is 1. The van der Waals surface area contributed by atoms with Crippen LogP contribution in [0, 0.1) is 5.92 Å². The van der Waals surface area contributed by atoms with Gasteiger partial charge in [0.15, 0.2) is 0 Å². The maximum Gasteiger partial charge on any atom is 0.0370 e. The van der Waals surface area contributed by atoms with Crippen molar-refractivity contribution in [2.24, 2.45) is 5.92 Å². The smallest absolute Gasteiger partial charge is 0.0370 e. The Bertz CT molecular complexity index is 350. The number of anilines is 2. The average Bonchev–Trinajstić information content (AvgIpc) is 2.42. The molecule has 18 heavy (non-hydrogen) atoms. The van der Waals surface area contributed by atoms with Crippen LogP contribution in [0.25, 0.3) is 0 Å². The molecule has 0 amide bonds. The summed E-state index contributed by atoms with van der Waals surface area (Å²) in [5.74, 6) is 0.964. The van der Waals surface area contributed by atoms with Crippen molar-refractivity contribution in [1.82, 2.24) is 0 Å². The van der Waals surface area contributed by atoms with Gasteiger partial charge in [0.1, 0.15) is 0 Å². The van der Waals surface area contributed by atoms with Crippen LogP contribution in [-0.4, -0.2) is 12.6 Å². The van der Waals surface area contributed by atoms with E-state index in [9.17, 15) is 0 Å². The minimum atomic E-state index is 0.724. The van der Waals surface area contributed by atoms with Crippen LogP contribution in [0.2, 0.25) is 0 Å². The maximum atomic E-state index is 5.76. The summed E-state index contributed by atoms with van der Waals surface area (Å²) in [6.45, 7) is 5.66. The Morgan fingerprint density at radius 1 is 1.06 bits per heavy atom. The van der Waals surface area contributed by atoms with Gasteiger partial charge in [-0.1, -0.05) is 13.3 Å². The van der Waals surface area contributed by atoms with E-state index >= 15 is 0 Å². The first-order valence-corrected chi connectivity index (χ1v) is 7.36. The number of benzene rings is 1. The molecule has 0 unspecified atom stereocenters. The van der Waals surface area contributed by atoms with Crippen LogP contribution >= 0.6 is 0 Å². The highest BCUT2D eigenvalue weighted by atomic mass is 15.2. The van der Waals surface area contributed by atoms with E-state index < -0.39 is 0 Å². The zero-order valence-corrected chi connectivity index (χ0v) is 11.7. The van der Waals surface area contributed by atoms with Crippen LogP contribution in [0.5, 0.6) is 0 Å². The highest BCUT2D eigenvalue weighted by molar-refractivity contribution is 5.53. The predicted molar refractivity (Wildman–Crippen MR) is 79.9 cm³/mol. The van der Waals surface area contributed by atoms with Crippen molar-refractivity contribution in [2.75, 3.05) is 17.2 Å². The molecule has 2 nitrogen and oxygen atoms in total. The standard InChI is InChI=1S/C16H26N2/c1-3-13-5-9-15(10-6-13)18(4-2)16-11-7-14(17)8-12-16/h7-8,11-13,15H,3-6,9-10,17H2,1-2H3. The topological polar surface area (TPSA) is 29.3 Å². The molecule has 2 N–H and O–H groups in total. The summed E-state index contributed by atoms with van der Waals surface area (Å²) < 4.78 is 0. The summed E-state index contributed by atoms with van der Waals surface area (Å²) in [6.07, 6.45) is 6.83. The molecule has 1 aliphatic carbocycles. The van der Waals surface area contributed by atoms with Crippen molar-refractivity contribution in [1.29, 1.82) is 0 Å². The minimum Gasteiger partial charge on any atom is -0.399 e. The second kappa shape index (κ2) is 6.12. The second-order valence-corrected chi connectivity index (χ2v) is 5.46. The van der Waals surface area contributed by atoms with Gasteiger partial charge in [0, 0.05) is 24.0 Å². The highest BCUT2D eigenvalue weighted by Gasteiger charge is 2.24. The van der Waals surface area contributed by atoms with Crippen molar-refractivity contribution in [2.45, 2.75) is 52.0 Å². The Morgan fingerprint density at radius 2 is 1.67 bits per heavy atom. The summed E-state index contributed by atoms with van der Waals surface area (Å²) in [7, 11) is 0. The SMILES string of the molecule is CCC1CCC(N(CC)c2ccc(N)cc2)CC1. The molecular formula is C16H26N2. The number of nitrogens with two attached hydrogens (primary N) is 1. The molecule has 2 heteroatoms. The number of nitrogens with zero attached hydrogens (tertiary/aromatic N) is 1. The first-order valence-electron chi connectivity index (χ1n) is 7.36. The van der Waals surface area contributed by atoms with E-state index in [2.05, 4.69) is 30.9 Å². The van der Waals surface area contributed by atoms with E-state index in [0.717, 1.165) is 24.2 Å². The van der Waals surface area contributed by atoms with Crippen LogP contribution in [0.15, 0.2) is 24.3 Å². The third kappa shape index (κ3) is 2.98. The molecule has 0 saturated heterocycles. The third-order valence-electron chi connectivity index (χ3n) is 4.40. The van der Waals surface area contributed by atoms with E-state index in [-0.39, 0.29) is 0 Å². The van der Waals surface area contributed by atoms with Crippen molar-refractivity contribution >= 4 is 11.4 Å². The van der Waals surface area contributed by atoms with Gasteiger partial charge in [-0.05, 0) is 62.8 Å². The van der Waals surface area contributed by atoms with E-state index in [0.29, 0.717) is 0 Å². The summed E-state index contributed by atoms with van der Waals surface area (Å²) in [5, 5.41) is 0. The Labute approximate surface area is 111 Å². The molecule has 1 fully saturated rings. The lowest BCUT2D eigenvalue weighted by atomic mass is 9.84. The van der Waals surface area contributed by atoms with Crippen molar-refractivity contribution in [3.05, 3.63) is 24.3 Å². The Kier molecular flexibility index (Phi) is 4.51. The van der Waals surface area contributed by atoms with Gasteiger partial charge >= 0.3 is 0 Å². The Balaban J connectivity index is 2.03. The first-order chi connectivity index (χ1) is 8.74. The molecule has 0 heterocycles. The molecule has 100 valence electrons. The molecule has 0 bridgehead atoms. The maximum absolute atomic E-state index is 5.76. The fourth-order valence-electron chi connectivity index (χ4n) is 3.18. The molecule has 0 aromatic heterocycles. The zero-order valence-electron chi connectivity index (χ0n) is 11.7. The average molecular weight is 246 g/mol. The molecular weight excluding hydrogens is 220 g/mol. The fraction of sp³-hybridized carbons (Fsp3) is 0.625. The molecule has 0 aliphatic heterocycles. The van der Waals surface area contributed by atoms with Gasteiger partial charge in [-0.2, -0.15) is 0 Å². The van der Waals surface area contributed by atoms with Gasteiger partial charge in [0.25, 0.3) is 0 Å². The number of nitrogen functional groups attached to an aromatic ring is 1. The van der Waals surface area contributed by atoms with Gasteiger partial charge in [-0.3, -0.25) is 0 Å². The normalized spacial score (nSPS) is 23.9. The summed E-state index contributed by atoms with van der Waals surface area (Å²) in [4.78, 5) is 2.55. The zero-order chi connectivity index (χ0) is 13.0. The van der Waals surface area contributed by atoms with E-state index in [4.69, 9.17) is 5.73 Å². The molecule has 0 radical (unpaired) electrons. The minimum absolute atomic E-state index is 0.724. The molecule has 1 aromatic carbocycles. The van der Waals surface area contributed by atoms with Gasteiger partial charge < -0.3 is 10.6 Å². The van der Waals surface area contributed by atoms with Crippen molar-refractivity contribution < 1.29 is 0 Å². The third-order valence-corrected chi connectivity index (χ3v) is 4.40. The summed E-state index contributed by atoms with van der Waals surface area (Å²) in [6, 6.07) is 9.06. The van der Waals surface area contributed by atoms with Crippen LogP contribution in [-0.2, 0) is 0 Å². The molecule has 0 spiro atoms. The fourth-order valence-corrected chi connectivity index (χ4v) is 3.18.